The Morgan fingerprint density at radius 1 is 0.964 bits per heavy atom. The number of rotatable bonds is 5. The molecule has 0 amide bonds. The number of halogens is 3. The van der Waals surface area contributed by atoms with E-state index in [1.54, 1.807) is 19.1 Å². The van der Waals surface area contributed by atoms with E-state index in [-0.39, 0.29) is 10.6 Å². The molecule has 0 aliphatic rings. The monoisotopic (exact) mass is 421 g/mol. The molecule has 0 spiro atoms. The number of aryl methyl sites for hydroxylation is 1. The average molecular weight is 422 g/mol. The van der Waals surface area contributed by atoms with Crippen molar-refractivity contribution in [3.63, 3.8) is 0 Å². The maximum atomic E-state index is 14.6. The Bertz CT molecular complexity index is 1100. The van der Waals surface area contributed by atoms with E-state index in [9.17, 15) is 17.2 Å². The van der Waals surface area contributed by atoms with Gasteiger partial charge in [0.2, 0.25) is 0 Å². The smallest absolute Gasteiger partial charge is 0.256 e. The Morgan fingerprint density at radius 3 is 2.25 bits per heavy atom. The summed E-state index contributed by atoms with van der Waals surface area (Å²) in [5.41, 5.74) is 1.16. The molecule has 0 unspecified atom stereocenters. The summed E-state index contributed by atoms with van der Waals surface area (Å²) in [4.78, 5) is -0.0685. The van der Waals surface area contributed by atoms with Crippen molar-refractivity contribution in [1.29, 1.82) is 0 Å². The fraction of sp³-hybridized carbons (Fsp3) is 0.143. The predicted octanol–water partition coefficient (Wildman–Crippen LogP) is 5.88. The highest BCUT2D eigenvalue weighted by Gasteiger charge is 2.33. The fourth-order valence-electron chi connectivity index (χ4n) is 3.10. The molecule has 0 fully saturated rings. The van der Waals surface area contributed by atoms with E-state index >= 15 is 0 Å². The lowest BCUT2D eigenvalue weighted by Gasteiger charge is -2.32. The van der Waals surface area contributed by atoms with Gasteiger partial charge in [0, 0.05) is 11.1 Å². The minimum atomic E-state index is -4.21. The number of sulfonamides is 1. The fourth-order valence-corrected chi connectivity index (χ4v) is 4.86. The van der Waals surface area contributed by atoms with E-state index in [2.05, 4.69) is 0 Å². The molecule has 0 radical (unpaired) electrons. The predicted molar refractivity (Wildman–Crippen MR) is 107 cm³/mol. The molecule has 3 aromatic carbocycles. The molecule has 3 rings (SSSR count). The first-order valence-corrected chi connectivity index (χ1v) is 10.3. The summed E-state index contributed by atoms with van der Waals surface area (Å²) >= 11 is 5.87. The van der Waals surface area contributed by atoms with Gasteiger partial charge in [-0.05, 0) is 61.4 Å². The van der Waals surface area contributed by atoms with Crippen molar-refractivity contribution < 1.29 is 17.2 Å². The Kier molecular flexibility index (Phi) is 5.72. The van der Waals surface area contributed by atoms with Gasteiger partial charge in [0.15, 0.2) is 0 Å². The van der Waals surface area contributed by atoms with Crippen LogP contribution < -0.4 is 4.31 Å². The maximum Gasteiger partial charge on any atom is 0.264 e. The van der Waals surface area contributed by atoms with Crippen LogP contribution in [0.2, 0.25) is 5.02 Å². The molecule has 7 heteroatoms. The molecule has 0 bridgehead atoms. The van der Waals surface area contributed by atoms with E-state index in [4.69, 9.17) is 11.6 Å². The number of benzene rings is 3. The normalized spacial score (nSPS) is 12.6. The van der Waals surface area contributed by atoms with E-state index in [1.807, 2.05) is 19.1 Å². The van der Waals surface area contributed by atoms with Crippen LogP contribution in [0.15, 0.2) is 71.6 Å². The van der Waals surface area contributed by atoms with Crippen LogP contribution in [0.1, 0.15) is 24.1 Å². The quantitative estimate of drug-likeness (QED) is 0.515. The largest absolute Gasteiger partial charge is 0.264 e. The van der Waals surface area contributed by atoms with E-state index < -0.39 is 27.7 Å². The van der Waals surface area contributed by atoms with E-state index in [0.717, 1.165) is 28.1 Å². The Morgan fingerprint density at radius 2 is 1.61 bits per heavy atom. The van der Waals surface area contributed by atoms with Gasteiger partial charge >= 0.3 is 0 Å². The van der Waals surface area contributed by atoms with Gasteiger partial charge in [-0.25, -0.2) is 17.2 Å². The van der Waals surface area contributed by atoms with Crippen molar-refractivity contribution in [2.24, 2.45) is 0 Å². The van der Waals surface area contributed by atoms with Crippen molar-refractivity contribution in [2.45, 2.75) is 24.8 Å². The molecule has 3 aromatic rings. The summed E-state index contributed by atoms with van der Waals surface area (Å²) in [5.74, 6) is -1.57. The lowest BCUT2D eigenvalue weighted by atomic mass is 10.0. The number of hydrogen-bond acceptors (Lipinski definition) is 2. The Balaban J connectivity index is 2.24. The highest BCUT2D eigenvalue weighted by molar-refractivity contribution is 7.92. The molecule has 3 nitrogen and oxygen atoms in total. The molecule has 0 aliphatic carbocycles. The molecule has 0 heterocycles. The number of hydrogen-bond donors (Lipinski definition) is 0. The zero-order valence-corrected chi connectivity index (χ0v) is 16.8. The minimum absolute atomic E-state index is 0.0685. The SMILES string of the molecule is Cc1ccccc1[C@@H](C)N(c1cc(F)ccc1F)S(=O)(=O)c1ccc(Cl)cc1. The van der Waals surface area contributed by atoms with Crippen molar-refractivity contribution >= 4 is 27.3 Å². The zero-order valence-electron chi connectivity index (χ0n) is 15.2. The van der Waals surface area contributed by atoms with Gasteiger partial charge in [0.25, 0.3) is 10.0 Å². The zero-order chi connectivity index (χ0) is 20.5. The summed E-state index contributed by atoms with van der Waals surface area (Å²) in [6.45, 7) is 3.47. The van der Waals surface area contributed by atoms with Crippen molar-refractivity contribution in [3.05, 3.63) is 94.5 Å². The topological polar surface area (TPSA) is 37.4 Å². The standard InChI is InChI=1S/C21H18ClF2NO2S/c1-14-5-3-4-6-19(14)15(2)25(21-13-17(23)9-12-20(21)24)28(26,27)18-10-7-16(22)8-11-18/h3-13,15H,1-2H3/t15-/m1/s1. The lowest BCUT2D eigenvalue weighted by molar-refractivity contribution is 0.570. The molecule has 0 aliphatic heterocycles. The first-order chi connectivity index (χ1) is 13.2. The van der Waals surface area contributed by atoms with Crippen molar-refractivity contribution in [1.82, 2.24) is 0 Å². The average Bonchev–Trinajstić information content (AvgIpc) is 2.65. The first-order valence-electron chi connectivity index (χ1n) is 8.52. The van der Waals surface area contributed by atoms with Crippen LogP contribution in [0.3, 0.4) is 0 Å². The van der Waals surface area contributed by atoms with Crippen molar-refractivity contribution in [3.8, 4) is 0 Å². The first kappa shape index (κ1) is 20.3. The molecule has 0 aromatic heterocycles. The van der Waals surface area contributed by atoms with Gasteiger partial charge in [-0.1, -0.05) is 35.9 Å². The molecule has 0 saturated carbocycles. The maximum absolute atomic E-state index is 14.6. The number of nitrogens with zero attached hydrogens (tertiary/aromatic N) is 1. The Labute approximate surface area is 168 Å². The third kappa shape index (κ3) is 3.88. The van der Waals surface area contributed by atoms with Crippen LogP contribution >= 0.6 is 11.6 Å². The summed E-state index contributed by atoms with van der Waals surface area (Å²) in [6.07, 6.45) is 0. The van der Waals surface area contributed by atoms with Crippen molar-refractivity contribution in [2.75, 3.05) is 4.31 Å². The van der Waals surface area contributed by atoms with Crippen LogP contribution in [0.25, 0.3) is 0 Å². The van der Waals surface area contributed by atoms with Gasteiger partial charge < -0.3 is 0 Å². The second kappa shape index (κ2) is 7.89. The van der Waals surface area contributed by atoms with Gasteiger partial charge in [0.05, 0.1) is 16.6 Å². The molecule has 146 valence electrons. The van der Waals surface area contributed by atoms with Crippen LogP contribution in [0.5, 0.6) is 0 Å². The third-order valence-electron chi connectivity index (χ3n) is 4.51. The minimum Gasteiger partial charge on any atom is -0.256 e. The summed E-state index contributed by atoms with van der Waals surface area (Å²) < 4.78 is 56.3. The summed E-state index contributed by atoms with van der Waals surface area (Å²) in [6, 6.07) is 14.7. The third-order valence-corrected chi connectivity index (χ3v) is 6.66. The highest BCUT2D eigenvalue weighted by atomic mass is 35.5. The van der Waals surface area contributed by atoms with Crippen LogP contribution in [0, 0.1) is 18.6 Å². The van der Waals surface area contributed by atoms with Crippen LogP contribution in [0.4, 0.5) is 14.5 Å². The van der Waals surface area contributed by atoms with E-state index in [0.29, 0.717) is 10.6 Å². The van der Waals surface area contributed by atoms with E-state index in [1.165, 1.54) is 24.3 Å². The summed E-state index contributed by atoms with van der Waals surface area (Å²) in [7, 11) is -4.21. The number of anilines is 1. The molecular formula is C21H18ClF2NO2S. The second-order valence-electron chi connectivity index (χ2n) is 6.38. The molecule has 1 atom stereocenters. The van der Waals surface area contributed by atoms with Gasteiger partial charge in [-0.15, -0.1) is 0 Å². The molecule has 28 heavy (non-hydrogen) atoms. The molecule has 0 saturated heterocycles. The molecule has 0 N–H and O–H groups in total. The molecular weight excluding hydrogens is 404 g/mol. The van der Waals surface area contributed by atoms with Crippen LogP contribution in [-0.2, 0) is 10.0 Å². The second-order valence-corrected chi connectivity index (χ2v) is 8.63. The van der Waals surface area contributed by atoms with Gasteiger partial charge in [-0.3, -0.25) is 4.31 Å². The van der Waals surface area contributed by atoms with Crippen LogP contribution in [-0.4, -0.2) is 8.42 Å². The summed E-state index contributed by atoms with van der Waals surface area (Å²) in [5, 5.41) is 0.370. The van der Waals surface area contributed by atoms with Gasteiger partial charge in [-0.2, -0.15) is 0 Å². The lowest BCUT2D eigenvalue weighted by Crippen LogP contribution is -2.34. The highest BCUT2D eigenvalue weighted by Crippen LogP contribution is 2.36. The van der Waals surface area contributed by atoms with Gasteiger partial charge in [0.1, 0.15) is 11.6 Å². The Hall–Kier alpha value is -2.44.